The van der Waals surface area contributed by atoms with Crippen molar-refractivity contribution in [2.24, 2.45) is 0 Å². The van der Waals surface area contributed by atoms with Gasteiger partial charge in [0.1, 0.15) is 0 Å². The molecule has 0 saturated carbocycles. The number of fused-ring (bicyclic) bond motifs is 1. The molecule has 0 heterocycles. The van der Waals surface area contributed by atoms with Gasteiger partial charge in [-0.1, -0.05) is 12.1 Å². The molecule has 2 N–H and O–H groups in total. The minimum absolute atomic E-state index is 0.160. The number of nitrogens with one attached hydrogen (secondary N) is 1. The standard InChI is InChI=1S/C10H14NOP/c12-8-5-4-7-2-1-3-10(11-13)9(7)6-8/h1-3,8,11-12H,4-6,13H2/t8-/m1/s1. The average molecular weight is 195 g/mol. The third-order valence-corrected chi connectivity index (χ3v) is 2.93. The van der Waals surface area contributed by atoms with Gasteiger partial charge in [-0.2, -0.15) is 0 Å². The Morgan fingerprint density at radius 3 is 3.08 bits per heavy atom. The highest BCUT2D eigenvalue weighted by atomic mass is 31.0. The van der Waals surface area contributed by atoms with Crippen molar-refractivity contribution in [2.75, 3.05) is 5.09 Å². The third kappa shape index (κ3) is 1.70. The summed E-state index contributed by atoms with van der Waals surface area (Å²) in [5.74, 6) is 0. The van der Waals surface area contributed by atoms with E-state index in [1.807, 2.05) is 6.07 Å². The van der Waals surface area contributed by atoms with Gasteiger partial charge in [-0.25, -0.2) is 0 Å². The molecule has 2 rings (SSSR count). The second kappa shape index (κ2) is 3.65. The maximum atomic E-state index is 9.54. The zero-order chi connectivity index (χ0) is 9.26. The Morgan fingerprint density at radius 2 is 2.31 bits per heavy atom. The second-order valence-electron chi connectivity index (χ2n) is 3.48. The number of aliphatic hydroxyl groups excluding tert-OH is 1. The van der Waals surface area contributed by atoms with E-state index in [4.69, 9.17) is 0 Å². The van der Waals surface area contributed by atoms with Crippen molar-refractivity contribution in [3.05, 3.63) is 29.3 Å². The summed E-state index contributed by atoms with van der Waals surface area (Å²) in [4.78, 5) is 0. The van der Waals surface area contributed by atoms with Gasteiger partial charge in [-0.3, -0.25) is 0 Å². The largest absolute Gasteiger partial charge is 0.393 e. The number of rotatable bonds is 1. The zero-order valence-electron chi connectivity index (χ0n) is 7.46. The van der Waals surface area contributed by atoms with Crippen LogP contribution >= 0.6 is 9.39 Å². The van der Waals surface area contributed by atoms with Gasteiger partial charge < -0.3 is 10.2 Å². The van der Waals surface area contributed by atoms with Crippen LogP contribution in [0.2, 0.25) is 0 Å². The molecule has 2 nitrogen and oxygen atoms in total. The predicted molar refractivity (Wildman–Crippen MR) is 57.8 cm³/mol. The number of aliphatic hydroxyl groups is 1. The van der Waals surface area contributed by atoms with E-state index < -0.39 is 0 Å². The minimum atomic E-state index is -0.160. The molecule has 1 aliphatic rings. The summed E-state index contributed by atoms with van der Waals surface area (Å²) in [5, 5.41) is 12.6. The van der Waals surface area contributed by atoms with Gasteiger partial charge in [0.2, 0.25) is 0 Å². The molecule has 1 unspecified atom stereocenters. The van der Waals surface area contributed by atoms with Crippen molar-refractivity contribution >= 4 is 15.1 Å². The van der Waals surface area contributed by atoms with Crippen LogP contribution in [0, 0.1) is 0 Å². The van der Waals surface area contributed by atoms with Crippen LogP contribution in [0.1, 0.15) is 17.5 Å². The van der Waals surface area contributed by atoms with E-state index in [1.165, 1.54) is 11.1 Å². The fraction of sp³-hybridized carbons (Fsp3) is 0.400. The van der Waals surface area contributed by atoms with Crippen LogP contribution in [0.25, 0.3) is 0 Å². The Hall–Kier alpha value is -0.590. The lowest BCUT2D eigenvalue weighted by Gasteiger charge is -2.22. The van der Waals surface area contributed by atoms with Crippen molar-refractivity contribution in [3.63, 3.8) is 0 Å². The zero-order valence-corrected chi connectivity index (χ0v) is 8.61. The molecule has 13 heavy (non-hydrogen) atoms. The lowest BCUT2D eigenvalue weighted by atomic mass is 9.89. The van der Waals surface area contributed by atoms with Crippen LogP contribution in [0.15, 0.2) is 18.2 Å². The highest BCUT2D eigenvalue weighted by Crippen LogP contribution is 2.28. The van der Waals surface area contributed by atoms with Crippen molar-refractivity contribution in [1.82, 2.24) is 0 Å². The summed E-state index contributed by atoms with van der Waals surface area (Å²) >= 11 is 0. The van der Waals surface area contributed by atoms with Crippen molar-refractivity contribution in [3.8, 4) is 0 Å². The van der Waals surface area contributed by atoms with E-state index >= 15 is 0 Å². The smallest absolute Gasteiger partial charge is 0.0584 e. The van der Waals surface area contributed by atoms with Gasteiger partial charge in [-0.05, 0) is 39.4 Å². The normalized spacial score (nSPS) is 20.9. The number of aryl methyl sites for hydroxylation is 1. The van der Waals surface area contributed by atoms with E-state index in [0.717, 1.165) is 24.9 Å². The molecule has 0 saturated heterocycles. The molecule has 1 aliphatic carbocycles. The fourth-order valence-electron chi connectivity index (χ4n) is 1.90. The molecule has 0 aromatic heterocycles. The molecule has 0 fully saturated rings. The second-order valence-corrected chi connectivity index (χ2v) is 3.77. The Balaban J connectivity index is 2.41. The molecule has 70 valence electrons. The van der Waals surface area contributed by atoms with E-state index in [0.29, 0.717) is 0 Å². The lowest BCUT2D eigenvalue weighted by Crippen LogP contribution is -2.19. The number of hydrogen-bond donors (Lipinski definition) is 2. The van der Waals surface area contributed by atoms with Gasteiger partial charge in [0.15, 0.2) is 0 Å². The van der Waals surface area contributed by atoms with Crippen molar-refractivity contribution in [2.45, 2.75) is 25.4 Å². The van der Waals surface area contributed by atoms with Gasteiger partial charge in [0, 0.05) is 12.1 Å². The first kappa shape index (κ1) is 8.98. The van der Waals surface area contributed by atoms with Gasteiger partial charge >= 0.3 is 0 Å². The SMILES string of the molecule is O[C@@H]1CCc2cccc(NP)c2C1. The molecule has 0 spiro atoms. The van der Waals surface area contributed by atoms with Crippen LogP contribution in [-0.2, 0) is 12.8 Å². The maximum Gasteiger partial charge on any atom is 0.0584 e. The lowest BCUT2D eigenvalue weighted by molar-refractivity contribution is 0.159. The fourth-order valence-corrected chi connectivity index (χ4v) is 2.18. The van der Waals surface area contributed by atoms with Gasteiger partial charge in [0.25, 0.3) is 0 Å². The monoisotopic (exact) mass is 195 g/mol. The first-order chi connectivity index (χ1) is 6.31. The Bertz CT molecular complexity index is 300. The van der Waals surface area contributed by atoms with Crippen LogP contribution < -0.4 is 5.09 Å². The highest BCUT2D eigenvalue weighted by molar-refractivity contribution is 7.18. The van der Waals surface area contributed by atoms with E-state index in [1.54, 1.807) is 0 Å². The molecule has 0 radical (unpaired) electrons. The number of benzene rings is 1. The Labute approximate surface area is 80.6 Å². The van der Waals surface area contributed by atoms with Gasteiger partial charge in [-0.15, -0.1) is 0 Å². The van der Waals surface area contributed by atoms with Crippen LogP contribution in [-0.4, -0.2) is 11.2 Å². The Morgan fingerprint density at radius 1 is 1.46 bits per heavy atom. The van der Waals surface area contributed by atoms with Crippen LogP contribution in [0.5, 0.6) is 0 Å². The number of hydrogen-bond acceptors (Lipinski definition) is 2. The molecule has 2 atom stereocenters. The van der Waals surface area contributed by atoms with Crippen LogP contribution in [0.3, 0.4) is 0 Å². The molecule has 0 amide bonds. The summed E-state index contributed by atoms with van der Waals surface area (Å²) < 4.78 is 0. The predicted octanol–water partition coefficient (Wildman–Crippen LogP) is 1.74. The molecule has 0 bridgehead atoms. The minimum Gasteiger partial charge on any atom is -0.393 e. The van der Waals surface area contributed by atoms with E-state index in [9.17, 15) is 5.11 Å². The number of anilines is 1. The molecule has 0 aliphatic heterocycles. The van der Waals surface area contributed by atoms with E-state index in [2.05, 4.69) is 26.6 Å². The summed E-state index contributed by atoms with van der Waals surface area (Å²) in [7, 11) is 2.50. The maximum absolute atomic E-state index is 9.54. The van der Waals surface area contributed by atoms with Crippen molar-refractivity contribution < 1.29 is 5.11 Å². The summed E-state index contributed by atoms with van der Waals surface area (Å²) in [6.07, 6.45) is 2.52. The molecular weight excluding hydrogens is 181 g/mol. The quantitative estimate of drug-likeness (QED) is 0.669. The van der Waals surface area contributed by atoms with E-state index in [-0.39, 0.29) is 6.10 Å². The molecular formula is C10H14NOP. The summed E-state index contributed by atoms with van der Waals surface area (Å²) in [5.41, 5.74) is 3.77. The third-order valence-electron chi connectivity index (χ3n) is 2.62. The van der Waals surface area contributed by atoms with Gasteiger partial charge in [0.05, 0.1) is 6.10 Å². The first-order valence-electron chi connectivity index (χ1n) is 4.56. The average Bonchev–Trinajstić information content (AvgIpc) is 2.17. The molecule has 1 aromatic rings. The highest BCUT2D eigenvalue weighted by Gasteiger charge is 2.18. The van der Waals surface area contributed by atoms with Crippen molar-refractivity contribution in [1.29, 1.82) is 0 Å². The molecule has 3 heteroatoms. The van der Waals surface area contributed by atoms with Crippen LogP contribution in [0.4, 0.5) is 5.69 Å². The Kier molecular flexibility index (Phi) is 2.52. The topological polar surface area (TPSA) is 32.3 Å². The molecule has 1 aromatic carbocycles. The summed E-state index contributed by atoms with van der Waals surface area (Å²) in [6.45, 7) is 0. The summed E-state index contributed by atoms with van der Waals surface area (Å²) in [6, 6.07) is 6.25. The first-order valence-corrected chi connectivity index (χ1v) is 5.14.